The highest BCUT2D eigenvalue weighted by Crippen LogP contribution is 2.38. The van der Waals surface area contributed by atoms with Crippen molar-refractivity contribution >= 4 is 35.0 Å². The third kappa shape index (κ3) is 6.85. The molecular weight excluding hydrogens is 492 g/mol. The minimum Gasteiger partial charge on any atom is -0.477 e. The van der Waals surface area contributed by atoms with Crippen LogP contribution in [0.5, 0.6) is 0 Å². The highest BCUT2D eigenvalue weighted by atomic mass is 32.1. The first-order valence-corrected chi connectivity index (χ1v) is 14.1. The van der Waals surface area contributed by atoms with E-state index < -0.39 is 12.1 Å². The summed E-state index contributed by atoms with van der Waals surface area (Å²) in [6, 6.07) is 1.42. The first-order chi connectivity index (χ1) is 17.5. The molecule has 2 amide bonds. The van der Waals surface area contributed by atoms with Crippen LogP contribution in [-0.2, 0) is 14.3 Å². The molecular formula is C28H38N2O6S. The number of nitrogens with zero attached hydrogens (tertiary/aromatic N) is 2. The fraction of sp³-hybridized carbons (Fsp3) is 0.679. The van der Waals surface area contributed by atoms with Gasteiger partial charge in [0, 0.05) is 30.8 Å². The number of anilines is 1. The summed E-state index contributed by atoms with van der Waals surface area (Å²) in [4.78, 5) is 43.1. The number of thiophene rings is 1. The maximum atomic E-state index is 14.0. The molecule has 2 atom stereocenters. The van der Waals surface area contributed by atoms with Gasteiger partial charge < -0.3 is 24.4 Å². The molecule has 1 saturated carbocycles. The molecule has 3 heterocycles. The minimum atomic E-state index is -1.07. The van der Waals surface area contributed by atoms with E-state index >= 15 is 0 Å². The largest absolute Gasteiger partial charge is 0.477 e. The van der Waals surface area contributed by atoms with Crippen molar-refractivity contribution in [3.05, 3.63) is 15.8 Å². The van der Waals surface area contributed by atoms with Gasteiger partial charge in [0.1, 0.15) is 11.0 Å². The molecule has 0 spiro atoms. The van der Waals surface area contributed by atoms with E-state index in [1.807, 2.05) is 20.8 Å². The van der Waals surface area contributed by atoms with Gasteiger partial charge >= 0.3 is 12.1 Å². The number of carboxylic acid groups (broad SMARTS) is 1. The van der Waals surface area contributed by atoms with E-state index in [2.05, 4.69) is 18.8 Å². The van der Waals surface area contributed by atoms with Crippen molar-refractivity contribution in [2.24, 2.45) is 17.3 Å². The molecule has 2 saturated heterocycles. The SMILES string of the molecule is CC(C)(C)C#Cc1cc(N(C(=O)[C@H]2CC[C@H](C)CC2)[C@@H]2CCN(C(=O)OC3CCOC3)C2)c(C(=O)O)s1. The Labute approximate surface area is 223 Å². The lowest BCUT2D eigenvalue weighted by atomic mass is 9.82. The van der Waals surface area contributed by atoms with E-state index in [0.717, 1.165) is 37.0 Å². The Morgan fingerprint density at radius 3 is 2.51 bits per heavy atom. The van der Waals surface area contributed by atoms with Crippen LogP contribution in [-0.4, -0.2) is 66.4 Å². The zero-order valence-corrected chi connectivity index (χ0v) is 23.1. The van der Waals surface area contributed by atoms with Crippen molar-refractivity contribution in [2.75, 3.05) is 31.2 Å². The summed E-state index contributed by atoms with van der Waals surface area (Å²) in [5.74, 6) is 5.58. The van der Waals surface area contributed by atoms with Crippen LogP contribution >= 0.6 is 11.3 Å². The average molecular weight is 531 g/mol. The first kappa shape index (κ1) is 27.5. The molecule has 0 radical (unpaired) electrons. The molecule has 4 rings (SSSR count). The molecule has 1 aromatic rings. The molecule has 202 valence electrons. The van der Waals surface area contributed by atoms with Crippen molar-refractivity contribution < 1.29 is 29.0 Å². The molecule has 0 aromatic carbocycles. The second-order valence-electron chi connectivity index (χ2n) is 11.6. The van der Waals surface area contributed by atoms with Gasteiger partial charge in [0.2, 0.25) is 5.91 Å². The zero-order valence-electron chi connectivity index (χ0n) is 22.2. The van der Waals surface area contributed by atoms with Gasteiger partial charge in [-0.3, -0.25) is 4.79 Å². The molecule has 1 aliphatic carbocycles. The fourth-order valence-corrected chi connectivity index (χ4v) is 6.01. The normalized spacial score (nSPS) is 25.9. The van der Waals surface area contributed by atoms with Gasteiger partial charge in [-0.15, -0.1) is 11.3 Å². The van der Waals surface area contributed by atoms with Gasteiger partial charge in [0.15, 0.2) is 0 Å². The lowest BCUT2D eigenvalue weighted by molar-refractivity contribution is -0.124. The van der Waals surface area contributed by atoms with Crippen LogP contribution in [0.15, 0.2) is 6.07 Å². The van der Waals surface area contributed by atoms with Crippen molar-refractivity contribution in [2.45, 2.75) is 78.4 Å². The predicted molar refractivity (Wildman–Crippen MR) is 142 cm³/mol. The average Bonchev–Trinajstić information content (AvgIpc) is 3.59. The Morgan fingerprint density at radius 1 is 1.16 bits per heavy atom. The van der Waals surface area contributed by atoms with E-state index in [4.69, 9.17) is 9.47 Å². The smallest absolute Gasteiger partial charge is 0.410 e. The summed E-state index contributed by atoms with van der Waals surface area (Å²) in [5, 5.41) is 10.1. The second kappa shape index (κ2) is 11.4. The van der Waals surface area contributed by atoms with Gasteiger partial charge in [-0.2, -0.15) is 0 Å². The Bertz CT molecular complexity index is 1070. The van der Waals surface area contributed by atoms with Crippen molar-refractivity contribution in [3.8, 4) is 11.8 Å². The van der Waals surface area contributed by atoms with Crippen LogP contribution in [0.2, 0.25) is 0 Å². The highest BCUT2D eigenvalue weighted by Gasteiger charge is 2.40. The minimum absolute atomic E-state index is 0.0491. The molecule has 9 heteroatoms. The molecule has 3 fully saturated rings. The number of rotatable bonds is 5. The maximum absolute atomic E-state index is 14.0. The van der Waals surface area contributed by atoms with Gasteiger partial charge in [-0.1, -0.05) is 18.8 Å². The number of carbonyl (C=O) groups is 3. The number of carbonyl (C=O) groups excluding carboxylic acids is 2. The summed E-state index contributed by atoms with van der Waals surface area (Å²) in [6.45, 7) is 9.94. The Hall–Kier alpha value is -2.57. The standard InChI is InChI=1S/C28H38N2O6S/c1-18-5-7-19(8-6-18)25(31)30(20-10-13-29(16-20)27(34)36-21-11-14-35-17-21)23-15-22(9-12-28(2,3)4)37-24(23)26(32)33/h15,18-21H,5-8,10-11,13-14,16-17H2,1-4H3,(H,32,33)/t18-,19-,20-,21?/m1/s1. The van der Waals surface area contributed by atoms with Crippen LogP contribution in [0, 0.1) is 29.1 Å². The summed E-state index contributed by atoms with van der Waals surface area (Å²) in [7, 11) is 0. The van der Waals surface area contributed by atoms with Crippen molar-refractivity contribution in [3.63, 3.8) is 0 Å². The fourth-order valence-electron chi connectivity index (χ4n) is 5.16. The third-order valence-corrected chi connectivity index (χ3v) is 8.30. The number of ether oxygens (including phenoxy) is 2. The lowest BCUT2D eigenvalue weighted by Gasteiger charge is -2.34. The number of hydrogen-bond donors (Lipinski definition) is 1. The lowest BCUT2D eigenvalue weighted by Crippen LogP contribution is -2.47. The quantitative estimate of drug-likeness (QED) is 0.538. The molecule has 1 aromatic heterocycles. The van der Waals surface area contributed by atoms with E-state index in [1.54, 1.807) is 15.9 Å². The maximum Gasteiger partial charge on any atom is 0.410 e. The van der Waals surface area contributed by atoms with E-state index in [1.165, 1.54) is 0 Å². The molecule has 3 aliphatic rings. The van der Waals surface area contributed by atoms with Gasteiger partial charge in [0.05, 0.1) is 29.8 Å². The Balaban J connectivity index is 1.62. The Kier molecular flexibility index (Phi) is 8.49. The first-order valence-electron chi connectivity index (χ1n) is 13.3. The van der Waals surface area contributed by atoms with Gasteiger partial charge in [0.25, 0.3) is 0 Å². The molecule has 1 unspecified atom stereocenters. The van der Waals surface area contributed by atoms with E-state index in [-0.39, 0.29) is 34.3 Å². The van der Waals surface area contributed by atoms with Crippen LogP contribution in [0.1, 0.15) is 80.8 Å². The van der Waals surface area contributed by atoms with Crippen LogP contribution in [0.3, 0.4) is 0 Å². The van der Waals surface area contributed by atoms with Crippen molar-refractivity contribution in [1.29, 1.82) is 0 Å². The van der Waals surface area contributed by atoms with E-state index in [0.29, 0.717) is 55.6 Å². The third-order valence-electron chi connectivity index (χ3n) is 7.27. The molecule has 1 N–H and O–H groups in total. The highest BCUT2D eigenvalue weighted by molar-refractivity contribution is 7.15. The monoisotopic (exact) mass is 530 g/mol. The number of hydrogen-bond acceptors (Lipinski definition) is 6. The Morgan fingerprint density at radius 2 is 1.89 bits per heavy atom. The number of likely N-dealkylation sites (tertiary alicyclic amines) is 1. The summed E-state index contributed by atoms with van der Waals surface area (Å²) < 4.78 is 10.9. The van der Waals surface area contributed by atoms with Crippen LogP contribution in [0.4, 0.5) is 10.5 Å². The zero-order chi connectivity index (χ0) is 26.7. The summed E-state index contributed by atoms with van der Waals surface area (Å²) in [6.07, 6.45) is 4.14. The van der Waals surface area contributed by atoms with Gasteiger partial charge in [-0.25, -0.2) is 9.59 Å². The molecule has 37 heavy (non-hydrogen) atoms. The van der Waals surface area contributed by atoms with Gasteiger partial charge in [-0.05, 0) is 64.9 Å². The van der Waals surface area contributed by atoms with Crippen LogP contribution < -0.4 is 4.90 Å². The topological polar surface area (TPSA) is 96.4 Å². The molecule has 0 bridgehead atoms. The predicted octanol–water partition coefficient (Wildman–Crippen LogP) is 5.00. The number of carboxylic acids is 1. The summed E-state index contributed by atoms with van der Waals surface area (Å²) in [5.41, 5.74) is 0.155. The number of aromatic carboxylic acids is 1. The summed E-state index contributed by atoms with van der Waals surface area (Å²) >= 11 is 1.10. The second-order valence-corrected chi connectivity index (χ2v) is 12.6. The van der Waals surface area contributed by atoms with Crippen molar-refractivity contribution in [1.82, 2.24) is 4.90 Å². The number of amides is 2. The molecule has 8 nitrogen and oxygen atoms in total. The van der Waals surface area contributed by atoms with E-state index in [9.17, 15) is 19.5 Å². The molecule has 2 aliphatic heterocycles. The van der Waals surface area contributed by atoms with Crippen LogP contribution in [0.25, 0.3) is 0 Å².